The molecule has 2 aliphatic rings. The number of hydrogen-bond acceptors (Lipinski definition) is 6. The zero-order chi connectivity index (χ0) is 19.0. The number of aliphatic carboxylic acids is 1. The number of likely N-dealkylation sites (tertiary alicyclic amines) is 1. The summed E-state index contributed by atoms with van der Waals surface area (Å²) in [5, 5.41) is 12.8. The maximum Gasteiger partial charge on any atom is 0.323 e. The van der Waals surface area contributed by atoms with Crippen molar-refractivity contribution in [2.45, 2.75) is 19.3 Å². The molecule has 1 saturated carbocycles. The van der Waals surface area contributed by atoms with Crippen LogP contribution in [0.5, 0.6) is 5.75 Å². The number of benzene rings is 1. The topological polar surface area (TPSA) is 105 Å². The van der Waals surface area contributed by atoms with Crippen molar-refractivity contribution >= 4 is 28.7 Å². The fraction of sp³-hybridized carbons (Fsp3) is 0.444. The normalized spacial score (nSPS) is 23.9. The minimum atomic E-state index is -0.795. The number of carboxylic acid groups (broad SMARTS) is 1. The molecule has 4 rings (SSSR count). The number of rotatable bonds is 4. The van der Waals surface area contributed by atoms with Gasteiger partial charge in [-0.05, 0) is 30.9 Å². The number of urea groups is 1. The molecular formula is C18H20N4O4S. The summed E-state index contributed by atoms with van der Waals surface area (Å²) in [4.78, 5) is 30.3. The van der Waals surface area contributed by atoms with Crippen molar-refractivity contribution < 1.29 is 19.4 Å². The van der Waals surface area contributed by atoms with Crippen LogP contribution in [-0.2, 0) is 4.79 Å². The van der Waals surface area contributed by atoms with E-state index in [2.05, 4.69) is 14.7 Å². The van der Waals surface area contributed by atoms with Crippen molar-refractivity contribution in [1.29, 1.82) is 0 Å². The molecule has 0 unspecified atom stereocenters. The number of fused-ring (bicyclic) bond motifs is 1. The van der Waals surface area contributed by atoms with E-state index in [0.29, 0.717) is 29.7 Å². The molecule has 1 saturated heterocycles. The van der Waals surface area contributed by atoms with Gasteiger partial charge in [0, 0.05) is 30.2 Å². The van der Waals surface area contributed by atoms with Gasteiger partial charge in [0.1, 0.15) is 5.75 Å². The molecule has 2 N–H and O–H groups in total. The summed E-state index contributed by atoms with van der Waals surface area (Å²) in [5.41, 5.74) is 0.0103. The Kier molecular flexibility index (Phi) is 4.47. The van der Waals surface area contributed by atoms with Gasteiger partial charge < -0.3 is 14.7 Å². The van der Waals surface area contributed by atoms with Crippen LogP contribution in [0.25, 0.3) is 11.4 Å². The zero-order valence-electron chi connectivity index (χ0n) is 14.8. The minimum absolute atomic E-state index is 0.0301. The molecule has 2 aromatic rings. The molecule has 2 fully saturated rings. The van der Waals surface area contributed by atoms with E-state index >= 15 is 0 Å². The summed E-state index contributed by atoms with van der Waals surface area (Å²) in [6.45, 7) is 0.722. The third kappa shape index (κ3) is 3.12. The van der Waals surface area contributed by atoms with Gasteiger partial charge in [-0.2, -0.15) is 9.36 Å². The summed E-state index contributed by atoms with van der Waals surface area (Å²) in [7, 11) is 1.59. The van der Waals surface area contributed by atoms with Crippen LogP contribution < -0.4 is 10.1 Å². The van der Waals surface area contributed by atoms with Crippen LogP contribution in [0.4, 0.5) is 9.93 Å². The highest BCUT2D eigenvalue weighted by molar-refractivity contribution is 7.10. The first-order valence-electron chi connectivity index (χ1n) is 8.79. The molecule has 0 radical (unpaired) electrons. The summed E-state index contributed by atoms with van der Waals surface area (Å²) in [6, 6.07) is 7.06. The van der Waals surface area contributed by atoms with Crippen LogP contribution in [0.1, 0.15) is 19.3 Å². The minimum Gasteiger partial charge on any atom is -0.497 e. The largest absolute Gasteiger partial charge is 0.497 e. The molecule has 1 aromatic carbocycles. The number of nitrogens with zero attached hydrogens (tertiary/aromatic N) is 3. The van der Waals surface area contributed by atoms with Crippen LogP contribution in [0.15, 0.2) is 24.3 Å². The van der Waals surface area contributed by atoms with Gasteiger partial charge in [0.15, 0.2) is 5.82 Å². The van der Waals surface area contributed by atoms with Crippen molar-refractivity contribution in [3.05, 3.63) is 24.3 Å². The first-order chi connectivity index (χ1) is 13.0. The fourth-order valence-electron chi connectivity index (χ4n) is 4.12. The molecule has 0 spiro atoms. The number of aromatic nitrogens is 2. The Labute approximate surface area is 160 Å². The predicted octanol–water partition coefficient (Wildman–Crippen LogP) is 2.93. The fourth-order valence-corrected chi connectivity index (χ4v) is 4.70. The number of amides is 2. The van der Waals surface area contributed by atoms with E-state index in [1.807, 2.05) is 24.3 Å². The Morgan fingerprint density at radius 3 is 3.04 bits per heavy atom. The zero-order valence-corrected chi connectivity index (χ0v) is 15.7. The van der Waals surface area contributed by atoms with Gasteiger partial charge in [-0.15, -0.1) is 0 Å². The molecule has 27 heavy (non-hydrogen) atoms. The van der Waals surface area contributed by atoms with Gasteiger partial charge in [-0.1, -0.05) is 18.6 Å². The standard InChI is InChI=1S/C18H20N4O4S/c1-26-13-6-2-4-11(8-13)14-19-16(27-21-14)20-17(25)22-9-12-5-3-7-18(12,10-22)15(23)24/h2,4,6,8,12H,3,5,7,9-10H2,1H3,(H,23,24)(H,19,20,21,25)/t12-,18+/m0/s1. The lowest BCUT2D eigenvalue weighted by atomic mass is 9.81. The Bertz CT molecular complexity index is 886. The molecule has 142 valence electrons. The van der Waals surface area contributed by atoms with Crippen molar-refractivity contribution in [3.8, 4) is 17.1 Å². The number of methoxy groups -OCH3 is 1. The number of anilines is 1. The van der Waals surface area contributed by atoms with Crippen molar-refractivity contribution in [1.82, 2.24) is 14.3 Å². The van der Waals surface area contributed by atoms with E-state index < -0.39 is 11.4 Å². The molecule has 0 bridgehead atoms. The van der Waals surface area contributed by atoms with E-state index in [-0.39, 0.29) is 18.5 Å². The maximum atomic E-state index is 12.6. The van der Waals surface area contributed by atoms with Crippen LogP contribution in [-0.4, -0.2) is 51.6 Å². The number of ether oxygens (including phenoxy) is 1. The Morgan fingerprint density at radius 2 is 2.30 bits per heavy atom. The van der Waals surface area contributed by atoms with Crippen LogP contribution in [0.3, 0.4) is 0 Å². The third-order valence-corrected chi connectivity index (χ3v) is 6.18. The summed E-state index contributed by atoms with van der Waals surface area (Å²) in [6.07, 6.45) is 2.40. The number of nitrogens with one attached hydrogen (secondary N) is 1. The summed E-state index contributed by atoms with van der Waals surface area (Å²) < 4.78 is 9.49. The van der Waals surface area contributed by atoms with Crippen LogP contribution >= 0.6 is 11.5 Å². The van der Waals surface area contributed by atoms with Gasteiger partial charge in [0.2, 0.25) is 5.13 Å². The second-order valence-corrected chi connectivity index (χ2v) is 7.77. The molecule has 1 aliphatic heterocycles. The highest BCUT2D eigenvalue weighted by Crippen LogP contribution is 2.49. The smallest absolute Gasteiger partial charge is 0.323 e. The average molecular weight is 388 g/mol. The third-order valence-electron chi connectivity index (χ3n) is 5.55. The number of carbonyl (C=O) groups excluding carboxylic acids is 1. The van der Waals surface area contributed by atoms with Crippen LogP contribution in [0, 0.1) is 11.3 Å². The molecule has 1 aliphatic carbocycles. The quantitative estimate of drug-likeness (QED) is 0.834. The molecule has 9 heteroatoms. The predicted molar refractivity (Wildman–Crippen MR) is 99.9 cm³/mol. The highest BCUT2D eigenvalue weighted by Gasteiger charge is 2.55. The lowest BCUT2D eigenvalue weighted by Crippen LogP contribution is -2.38. The monoisotopic (exact) mass is 388 g/mol. The first-order valence-corrected chi connectivity index (χ1v) is 9.56. The van der Waals surface area contributed by atoms with E-state index in [4.69, 9.17) is 4.74 Å². The average Bonchev–Trinajstić information content (AvgIpc) is 3.35. The van der Waals surface area contributed by atoms with E-state index in [1.54, 1.807) is 12.0 Å². The van der Waals surface area contributed by atoms with Crippen LogP contribution in [0.2, 0.25) is 0 Å². The number of carbonyl (C=O) groups is 2. The highest BCUT2D eigenvalue weighted by atomic mass is 32.1. The second-order valence-electron chi connectivity index (χ2n) is 7.02. The Hall–Kier alpha value is -2.68. The maximum absolute atomic E-state index is 12.6. The van der Waals surface area contributed by atoms with E-state index in [0.717, 1.165) is 29.9 Å². The van der Waals surface area contributed by atoms with Gasteiger partial charge in [0.25, 0.3) is 0 Å². The lowest BCUT2D eigenvalue weighted by molar-refractivity contribution is -0.149. The Morgan fingerprint density at radius 1 is 1.44 bits per heavy atom. The van der Waals surface area contributed by atoms with Gasteiger partial charge in [0.05, 0.1) is 12.5 Å². The molecule has 2 amide bonds. The van der Waals surface area contributed by atoms with E-state index in [1.165, 1.54) is 0 Å². The van der Waals surface area contributed by atoms with Gasteiger partial charge in [-0.25, -0.2) is 4.79 Å². The molecule has 2 atom stereocenters. The summed E-state index contributed by atoms with van der Waals surface area (Å²) >= 11 is 1.09. The molecular weight excluding hydrogens is 368 g/mol. The van der Waals surface area contributed by atoms with Crippen molar-refractivity contribution in [3.63, 3.8) is 0 Å². The molecule has 1 aromatic heterocycles. The SMILES string of the molecule is COc1cccc(-c2nsc(NC(=O)N3C[C@@H]4CCC[C@@]4(C(=O)O)C3)n2)c1. The number of carboxylic acids is 1. The molecule has 2 heterocycles. The van der Waals surface area contributed by atoms with Gasteiger partial charge in [-0.3, -0.25) is 10.1 Å². The van der Waals surface area contributed by atoms with Gasteiger partial charge >= 0.3 is 12.0 Å². The lowest BCUT2D eigenvalue weighted by Gasteiger charge is -2.23. The molecule has 8 nitrogen and oxygen atoms in total. The first kappa shape index (κ1) is 17.7. The second kappa shape index (κ2) is 6.80. The van der Waals surface area contributed by atoms with Crippen molar-refractivity contribution in [2.24, 2.45) is 11.3 Å². The Balaban J connectivity index is 1.45. The number of hydrogen-bond donors (Lipinski definition) is 2. The van der Waals surface area contributed by atoms with E-state index in [9.17, 15) is 14.7 Å². The summed E-state index contributed by atoms with van der Waals surface area (Å²) in [5.74, 6) is 0.448. The van der Waals surface area contributed by atoms with Crippen molar-refractivity contribution in [2.75, 3.05) is 25.5 Å².